The van der Waals surface area contributed by atoms with E-state index in [2.05, 4.69) is 40.1 Å². The van der Waals surface area contributed by atoms with Crippen LogP contribution in [0.2, 0.25) is 0 Å². The van der Waals surface area contributed by atoms with Gasteiger partial charge in [-0.15, -0.1) is 11.3 Å². The second-order valence-corrected chi connectivity index (χ2v) is 4.43. The highest BCUT2D eigenvalue weighted by molar-refractivity contribution is 7.09. The van der Waals surface area contributed by atoms with Crippen molar-refractivity contribution in [3.63, 3.8) is 0 Å². The first-order valence-electron chi connectivity index (χ1n) is 5.34. The largest absolute Gasteiger partial charge is 0.380 e. The van der Waals surface area contributed by atoms with Crippen molar-refractivity contribution in [2.45, 2.75) is 13.5 Å². The van der Waals surface area contributed by atoms with Gasteiger partial charge in [-0.05, 0) is 24.4 Å². The van der Waals surface area contributed by atoms with Gasteiger partial charge in [-0.25, -0.2) is 4.98 Å². The SMILES string of the molecule is CCNc1cc(NCc2cccs2)ccn1. The van der Waals surface area contributed by atoms with Crippen LogP contribution in [-0.4, -0.2) is 11.5 Å². The number of hydrogen-bond donors (Lipinski definition) is 2. The summed E-state index contributed by atoms with van der Waals surface area (Å²) < 4.78 is 0. The molecule has 2 aromatic rings. The maximum atomic E-state index is 4.23. The van der Waals surface area contributed by atoms with Crippen molar-refractivity contribution in [2.75, 3.05) is 17.2 Å². The zero-order valence-electron chi connectivity index (χ0n) is 9.23. The van der Waals surface area contributed by atoms with Crippen LogP contribution < -0.4 is 10.6 Å². The van der Waals surface area contributed by atoms with E-state index in [0.29, 0.717) is 0 Å². The smallest absolute Gasteiger partial charge is 0.127 e. The minimum Gasteiger partial charge on any atom is -0.380 e. The van der Waals surface area contributed by atoms with Gasteiger partial charge in [0.2, 0.25) is 0 Å². The molecule has 0 saturated heterocycles. The molecule has 0 aliphatic carbocycles. The molecular formula is C12H15N3S. The molecule has 0 radical (unpaired) electrons. The molecule has 0 fully saturated rings. The van der Waals surface area contributed by atoms with Gasteiger partial charge < -0.3 is 10.6 Å². The fraction of sp³-hybridized carbons (Fsp3) is 0.250. The van der Waals surface area contributed by atoms with Crippen LogP contribution in [0.1, 0.15) is 11.8 Å². The molecule has 0 unspecified atom stereocenters. The lowest BCUT2D eigenvalue weighted by molar-refractivity contribution is 1.14. The molecule has 0 aliphatic heterocycles. The molecule has 0 bridgehead atoms. The van der Waals surface area contributed by atoms with Gasteiger partial charge in [-0.1, -0.05) is 6.07 Å². The Kier molecular flexibility index (Phi) is 3.77. The minimum absolute atomic E-state index is 0.868. The zero-order valence-corrected chi connectivity index (χ0v) is 10.1. The Morgan fingerprint density at radius 3 is 3.00 bits per heavy atom. The summed E-state index contributed by atoms with van der Waals surface area (Å²) in [5.41, 5.74) is 1.10. The van der Waals surface area contributed by atoms with Crippen LogP contribution >= 0.6 is 11.3 Å². The van der Waals surface area contributed by atoms with Gasteiger partial charge in [0, 0.05) is 35.9 Å². The fourth-order valence-electron chi connectivity index (χ4n) is 1.42. The maximum absolute atomic E-state index is 4.23. The first kappa shape index (κ1) is 11.0. The van der Waals surface area contributed by atoms with E-state index < -0.39 is 0 Å². The molecule has 0 amide bonds. The molecule has 0 aliphatic rings. The van der Waals surface area contributed by atoms with Gasteiger partial charge in [-0.3, -0.25) is 0 Å². The Labute approximate surface area is 99.5 Å². The molecule has 2 heterocycles. The molecule has 84 valence electrons. The Balaban J connectivity index is 1.96. The average Bonchev–Trinajstić information content (AvgIpc) is 2.80. The average molecular weight is 233 g/mol. The van der Waals surface area contributed by atoms with E-state index >= 15 is 0 Å². The van der Waals surface area contributed by atoms with Crippen LogP contribution in [0, 0.1) is 0 Å². The van der Waals surface area contributed by atoms with Crippen molar-refractivity contribution in [1.82, 2.24) is 4.98 Å². The lowest BCUT2D eigenvalue weighted by atomic mass is 10.3. The monoisotopic (exact) mass is 233 g/mol. The first-order chi connectivity index (χ1) is 7.88. The predicted octanol–water partition coefficient (Wildman–Crippen LogP) is 3.19. The topological polar surface area (TPSA) is 37.0 Å². The molecule has 4 heteroatoms. The number of nitrogens with one attached hydrogen (secondary N) is 2. The maximum Gasteiger partial charge on any atom is 0.127 e. The van der Waals surface area contributed by atoms with E-state index in [1.54, 1.807) is 11.3 Å². The highest BCUT2D eigenvalue weighted by Gasteiger charge is 1.97. The van der Waals surface area contributed by atoms with Crippen LogP contribution in [0.15, 0.2) is 35.8 Å². The molecule has 3 nitrogen and oxygen atoms in total. The van der Waals surface area contributed by atoms with E-state index in [0.717, 1.165) is 24.6 Å². The molecule has 0 saturated carbocycles. The predicted molar refractivity (Wildman–Crippen MR) is 70.0 cm³/mol. The summed E-state index contributed by atoms with van der Waals surface area (Å²) in [5.74, 6) is 0.915. The van der Waals surface area contributed by atoms with Crippen LogP contribution in [0.25, 0.3) is 0 Å². The summed E-state index contributed by atoms with van der Waals surface area (Å²) in [6.07, 6.45) is 1.81. The Morgan fingerprint density at radius 2 is 2.25 bits per heavy atom. The van der Waals surface area contributed by atoms with Crippen LogP contribution in [0.3, 0.4) is 0 Å². The lowest BCUT2D eigenvalue weighted by Gasteiger charge is -2.07. The molecule has 0 aromatic carbocycles. The summed E-state index contributed by atoms with van der Waals surface area (Å²) in [7, 11) is 0. The number of rotatable bonds is 5. The number of pyridine rings is 1. The summed E-state index contributed by atoms with van der Waals surface area (Å²) in [6.45, 7) is 3.82. The molecule has 0 atom stereocenters. The fourth-order valence-corrected chi connectivity index (χ4v) is 2.07. The second-order valence-electron chi connectivity index (χ2n) is 3.39. The number of aromatic nitrogens is 1. The van der Waals surface area contributed by atoms with Gasteiger partial charge in [0.1, 0.15) is 5.82 Å². The number of thiophene rings is 1. The van der Waals surface area contributed by atoms with Gasteiger partial charge in [0.25, 0.3) is 0 Å². The normalized spacial score (nSPS) is 10.1. The standard InChI is InChI=1S/C12H15N3S/c1-2-13-12-8-10(5-6-14-12)15-9-11-4-3-7-16-11/h3-8H,2,9H2,1H3,(H2,13,14,15). The first-order valence-corrected chi connectivity index (χ1v) is 6.22. The summed E-state index contributed by atoms with van der Waals surface area (Å²) in [4.78, 5) is 5.56. The van der Waals surface area contributed by atoms with E-state index in [1.807, 2.05) is 18.3 Å². The van der Waals surface area contributed by atoms with Crippen molar-refractivity contribution in [1.29, 1.82) is 0 Å². The van der Waals surface area contributed by atoms with Crippen LogP contribution in [0.4, 0.5) is 11.5 Å². The van der Waals surface area contributed by atoms with Crippen LogP contribution in [-0.2, 0) is 6.54 Å². The highest BCUT2D eigenvalue weighted by Crippen LogP contribution is 2.15. The minimum atomic E-state index is 0.868. The number of nitrogens with zero attached hydrogens (tertiary/aromatic N) is 1. The second kappa shape index (κ2) is 5.51. The van der Waals surface area contributed by atoms with E-state index in [-0.39, 0.29) is 0 Å². The summed E-state index contributed by atoms with van der Waals surface area (Å²) in [5, 5.41) is 8.66. The quantitative estimate of drug-likeness (QED) is 0.832. The van der Waals surface area contributed by atoms with Crippen molar-refractivity contribution >= 4 is 22.8 Å². The van der Waals surface area contributed by atoms with Gasteiger partial charge in [0.05, 0.1) is 0 Å². The van der Waals surface area contributed by atoms with Gasteiger partial charge in [0.15, 0.2) is 0 Å². The lowest BCUT2D eigenvalue weighted by Crippen LogP contribution is -2.01. The number of hydrogen-bond acceptors (Lipinski definition) is 4. The van der Waals surface area contributed by atoms with Crippen molar-refractivity contribution in [3.05, 3.63) is 40.7 Å². The zero-order chi connectivity index (χ0) is 11.2. The Bertz CT molecular complexity index is 426. The van der Waals surface area contributed by atoms with Crippen molar-refractivity contribution in [2.24, 2.45) is 0 Å². The Hall–Kier alpha value is -1.55. The molecule has 16 heavy (non-hydrogen) atoms. The third-order valence-electron chi connectivity index (χ3n) is 2.16. The highest BCUT2D eigenvalue weighted by atomic mass is 32.1. The van der Waals surface area contributed by atoms with Crippen LogP contribution in [0.5, 0.6) is 0 Å². The molecular weight excluding hydrogens is 218 g/mol. The molecule has 0 spiro atoms. The van der Waals surface area contributed by atoms with E-state index in [1.165, 1.54) is 4.88 Å². The van der Waals surface area contributed by atoms with E-state index in [9.17, 15) is 0 Å². The molecule has 2 N–H and O–H groups in total. The number of anilines is 2. The van der Waals surface area contributed by atoms with Gasteiger partial charge >= 0.3 is 0 Å². The van der Waals surface area contributed by atoms with Crippen molar-refractivity contribution in [3.8, 4) is 0 Å². The van der Waals surface area contributed by atoms with Gasteiger partial charge in [-0.2, -0.15) is 0 Å². The third-order valence-corrected chi connectivity index (χ3v) is 3.04. The Morgan fingerprint density at radius 1 is 1.31 bits per heavy atom. The summed E-state index contributed by atoms with van der Waals surface area (Å²) in [6, 6.07) is 8.20. The van der Waals surface area contributed by atoms with E-state index in [4.69, 9.17) is 0 Å². The van der Waals surface area contributed by atoms with Crippen molar-refractivity contribution < 1.29 is 0 Å². The molecule has 2 rings (SSSR count). The molecule has 2 aromatic heterocycles. The third kappa shape index (κ3) is 2.97. The summed E-state index contributed by atoms with van der Waals surface area (Å²) >= 11 is 1.76.